The van der Waals surface area contributed by atoms with Crippen LogP contribution in [0.1, 0.15) is 58.3 Å². The van der Waals surface area contributed by atoms with Crippen LogP contribution in [0.3, 0.4) is 0 Å². The third-order valence-electron chi connectivity index (χ3n) is 3.41. The lowest BCUT2D eigenvalue weighted by Gasteiger charge is -2.08. The van der Waals surface area contributed by atoms with Crippen molar-refractivity contribution in [3.05, 3.63) is 48.6 Å². The summed E-state index contributed by atoms with van der Waals surface area (Å²) in [6.45, 7) is 2.23. The number of hydrogen-bond acceptors (Lipinski definition) is 3. The van der Waals surface area contributed by atoms with Gasteiger partial charge in [0.15, 0.2) is 0 Å². The zero-order chi connectivity index (χ0) is 17.0. The Kier molecular flexibility index (Phi) is 17.1. The van der Waals surface area contributed by atoms with E-state index < -0.39 is 0 Å². The van der Waals surface area contributed by atoms with Gasteiger partial charge < -0.3 is 9.94 Å². The lowest BCUT2D eigenvalue weighted by Crippen LogP contribution is -2.06. The molecule has 0 aromatic rings. The maximum atomic E-state index is 8.32. The molecule has 0 spiro atoms. The molecule has 0 aromatic carbocycles. The van der Waals surface area contributed by atoms with Crippen LogP contribution in [0.15, 0.2) is 53.8 Å². The number of nitrogens with zero attached hydrogens (tertiary/aromatic N) is 1. The second kappa shape index (κ2) is 18.4. The van der Waals surface area contributed by atoms with E-state index in [-0.39, 0.29) is 6.10 Å². The Hall–Kier alpha value is -1.61. The van der Waals surface area contributed by atoms with E-state index in [0.29, 0.717) is 0 Å². The molecule has 1 N–H and O–H groups in total. The van der Waals surface area contributed by atoms with E-state index in [2.05, 4.69) is 36.4 Å². The Labute approximate surface area is 142 Å². The van der Waals surface area contributed by atoms with Crippen molar-refractivity contribution in [1.82, 2.24) is 0 Å². The number of hydrogen-bond donors (Lipinski definition) is 1. The summed E-state index contributed by atoms with van der Waals surface area (Å²) in [5.41, 5.74) is 0. The molecule has 0 aliphatic rings. The standard InChI is InChI=1S/C20H33NO2/c1-3-4-5-6-7-8-9-10-11-12-13-14-17-20(23-2)18-15-16-19-21-22/h7-8,10-14,17,19-20,22H,3-6,9,15-16,18H2,1-2H3/b8-7-,11-10-,13-12+,17-14+,21-19+. The molecule has 0 radical (unpaired) electrons. The number of allylic oxidation sites excluding steroid dienone is 7. The molecule has 0 amide bonds. The Balaban J connectivity index is 3.77. The van der Waals surface area contributed by atoms with Gasteiger partial charge in [0.05, 0.1) is 6.10 Å². The van der Waals surface area contributed by atoms with Crippen LogP contribution in [0.2, 0.25) is 0 Å². The van der Waals surface area contributed by atoms with Gasteiger partial charge in [0.1, 0.15) is 0 Å². The molecule has 3 heteroatoms. The van der Waals surface area contributed by atoms with Gasteiger partial charge >= 0.3 is 0 Å². The first-order valence-electron chi connectivity index (χ1n) is 8.68. The zero-order valence-electron chi connectivity index (χ0n) is 14.7. The van der Waals surface area contributed by atoms with Crippen molar-refractivity contribution in [3.8, 4) is 0 Å². The minimum Gasteiger partial charge on any atom is -0.411 e. The fourth-order valence-electron chi connectivity index (χ4n) is 2.04. The lowest BCUT2D eigenvalue weighted by atomic mass is 10.1. The summed E-state index contributed by atoms with van der Waals surface area (Å²) < 4.78 is 5.38. The second-order valence-corrected chi connectivity index (χ2v) is 5.40. The van der Waals surface area contributed by atoms with E-state index in [0.717, 1.165) is 25.7 Å². The van der Waals surface area contributed by atoms with Gasteiger partial charge in [-0.3, -0.25) is 0 Å². The van der Waals surface area contributed by atoms with Gasteiger partial charge in [-0.1, -0.05) is 68.4 Å². The summed E-state index contributed by atoms with van der Waals surface area (Å²) in [6.07, 6.45) is 27.2. The third-order valence-corrected chi connectivity index (χ3v) is 3.41. The minimum absolute atomic E-state index is 0.113. The normalized spacial score (nSPS) is 14.3. The van der Waals surface area contributed by atoms with E-state index in [4.69, 9.17) is 9.94 Å². The van der Waals surface area contributed by atoms with Crippen LogP contribution in [-0.2, 0) is 4.74 Å². The monoisotopic (exact) mass is 319 g/mol. The fraction of sp³-hybridized carbons (Fsp3) is 0.550. The summed E-state index contributed by atoms with van der Waals surface area (Å²) in [5.74, 6) is 0. The number of unbranched alkanes of at least 4 members (excludes halogenated alkanes) is 4. The highest BCUT2D eigenvalue weighted by atomic mass is 16.5. The first kappa shape index (κ1) is 21.4. The van der Waals surface area contributed by atoms with E-state index >= 15 is 0 Å². The smallest absolute Gasteiger partial charge is 0.0755 e. The van der Waals surface area contributed by atoms with Crippen LogP contribution in [-0.4, -0.2) is 24.6 Å². The molecule has 0 heterocycles. The van der Waals surface area contributed by atoms with Crippen LogP contribution < -0.4 is 0 Å². The lowest BCUT2D eigenvalue weighted by molar-refractivity contribution is 0.132. The molecular weight excluding hydrogens is 286 g/mol. The van der Waals surface area contributed by atoms with E-state index in [1.54, 1.807) is 7.11 Å². The molecule has 1 unspecified atom stereocenters. The molecule has 130 valence electrons. The predicted molar refractivity (Wildman–Crippen MR) is 100 cm³/mol. The summed E-state index contributed by atoms with van der Waals surface area (Å²) in [7, 11) is 1.71. The molecule has 1 atom stereocenters. The van der Waals surface area contributed by atoms with E-state index in [1.165, 1.54) is 31.9 Å². The quantitative estimate of drug-likeness (QED) is 0.109. The maximum absolute atomic E-state index is 8.32. The van der Waals surface area contributed by atoms with Crippen molar-refractivity contribution in [3.63, 3.8) is 0 Å². The topological polar surface area (TPSA) is 41.8 Å². The highest BCUT2D eigenvalue weighted by molar-refractivity contribution is 5.55. The van der Waals surface area contributed by atoms with Crippen molar-refractivity contribution < 1.29 is 9.94 Å². The number of rotatable bonds is 14. The molecule has 0 saturated heterocycles. The largest absolute Gasteiger partial charge is 0.411 e. The predicted octanol–water partition coefficient (Wildman–Crippen LogP) is 5.83. The summed E-state index contributed by atoms with van der Waals surface area (Å²) >= 11 is 0. The molecule has 23 heavy (non-hydrogen) atoms. The van der Waals surface area contributed by atoms with E-state index in [9.17, 15) is 0 Å². The highest BCUT2D eigenvalue weighted by Crippen LogP contribution is 2.05. The third kappa shape index (κ3) is 16.6. The van der Waals surface area contributed by atoms with Gasteiger partial charge in [0, 0.05) is 13.3 Å². The zero-order valence-corrected chi connectivity index (χ0v) is 14.7. The average molecular weight is 319 g/mol. The van der Waals surface area contributed by atoms with Crippen LogP contribution in [0.4, 0.5) is 0 Å². The summed E-state index contributed by atoms with van der Waals surface area (Å²) in [6, 6.07) is 0. The first-order valence-corrected chi connectivity index (χ1v) is 8.68. The Morgan fingerprint density at radius 2 is 1.78 bits per heavy atom. The molecule has 0 bridgehead atoms. The van der Waals surface area contributed by atoms with Gasteiger partial charge in [0.2, 0.25) is 0 Å². The van der Waals surface area contributed by atoms with Crippen LogP contribution in [0.5, 0.6) is 0 Å². The molecule has 0 aromatic heterocycles. The van der Waals surface area contributed by atoms with Gasteiger partial charge in [-0.15, -0.1) is 5.16 Å². The second-order valence-electron chi connectivity index (χ2n) is 5.40. The van der Waals surface area contributed by atoms with Crippen LogP contribution >= 0.6 is 0 Å². The number of oxime groups is 1. The van der Waals surface area contributed by atoms with Crippen molar-refractivity contribution >= 4 is 6.21 Å². The summed E-state index contributed by atoms with van der Waals surface area (Å²) in [5, 5.41) is 11.3. The van der Waals surface area contributed by atoms with Gasteiger partial charge in [-0.25, -0.2) is 0 Å². The minimum atomic E-state index is 0.113. The Morgan fingerprint density at radius 1 is 0.957 bits per heavy atom. The molecule has 0 saturated carbocycles. The number of methoxy groups -OCH3 is 1. The molecule has 0 aliphatic heterocycles. The van der Waals surface area contributed by atoms with Gasteiger partial charge in [0.25, 0.3) is 0 Å². The first-order chi connectivity index (χ1) is 11.3. The van der Waals surface area contributed by atoms with Crippen LogP contribution in [0, 0.1) is 0 Å². The molecular formula is C20H33NO2. The highest BCUT2D eigenvalue weighted by Gasteiger charge is 2.00. The van der Waals surface area contributed by atoms with E-state index in [1.807, 2.05) is 24.3 Å². The van der Waals surface area contributed by atoms with Crippen LogP contribution in [0.25, 0.3) is 0 Å². The maximum Gasteiger partial charge on any atom is 0.0755 e. The molecule has 0 fully saturated rings. The van der Waals surface area contributed by atoms with Crippen molar-refractivity contribution in [2.75, 3.05) is 7.11 Å². The molecule has 0 rings (SSSR count). The van der Waals surface area contributed by atoms with Crippen molar-refractivity contribution in [1.29, 1.82) is 0 Å². The van der Waals surface area contributed by atoms with Gasteiger partial charge in [-0.05, 0) is 38.5 Å². The fourth-order valence-corrected chi connectivity index (χ4v) is 2.04. The molecule has 0 aliphatic carbocycles. The van der Waals surface area contributed by atoms with Crippen molar-refractivity contribution in [2.45, 2.75) is 64.4 Å². The molecule has 3 nitrogen and oxygen atoms in total. The summed E-state index contributed by atoms with van der Waals surface area (Å²) in [4.78, 5) is 0. The average Bonchev–Trinajstić information content (AvgIpc) is 2.57. The SMILES string of the molecule is CCCCC/C=C\C\C=C/C=C/C=C/C(CCC/C=N/O)OC. The van der Waals surface area contributed by atoms with Crippen molar-refractivity contribution in [2.24, 2.45) is 5.16 Å². The Bertz CT molecular complexity index is 381. The van der Waals surface area contributed by atoms with Gasteiger partial charge in [-0.2, -0.15) is 0 Å². The number of ether oxygens (including phenoxy) is 1. The Morgan fingerprint density at radius 3 is 2.52 bits per heavy atom.